The van der Waals surface area contributed by atoms with Gasteiger partial charge in [0.15, 0.2) is 0 Å². The van der Waals surface area contributed by atoms with Gasteiger partial charge in [0.1, 0.15) is 22.6 Å². The molecule has 0 bridgehead atoms. The second kappa shape index (κ2) is 8.35. The van der Waals surface area contributed by atoms with Crippen LogP contribution in [-0.2, 0) is 30.6 Å². The molecule has 0 aliphatic carbocycles. The fourth-order valence-corrected chi connectivity index (χ4v) is 5.45. The fourth-order valence-electron chi connectivity index (χ4n) is 4.33. The van der Waals surface area contributed by atoms with Crippen molar-refractivity contribution in [2.45, 2.75) is 45.3 Å². The highest BCUT2D eigenvalue weighted by molar-refractivity contribution is 7.15. The topological polar surface area (TPSA) is 51.7 Å². The molecule has 0 spiro atoms. The lowest BCUT2D eigenvalue weighted by atomic mass is 10.0. The van der Waals surface area contributed by atoms with E-state index in [2.05, 4.69) is 25.1 Å². The van der Waals surface area contributed by atoms with Crippen molar-refractivity contribution in [2.24, 2.45) is 0 Å². The second-order valence-corrected chi connectivity index (χ2v) is 9.34. The predicted molar refractivity (Wildman–Crippen MR) is 122 cm³/mol. The maximum atomic E-state index is 12.9. The zero-order valence-corrected chi connectivity index (χ0v) is 18.7. The van der Waals surface area contributed by atoms with Gasteiger partial charge in [-0.2, -0.15) is 0 Å². The Morgan fingerprint density at radius 2 is 2.19 bits per heavy atom. The maximum Gasteiger partial charge on any atom is 0.223 e. The van der Waals surface area contributed by atoms with E-state index in [1.807, 2.05) is 29.2 Å². The molecule has 1 atom stereocenters. The molecule has 1 aromatic heterocycles. The number of hydrogen-bond acceptors (Lipinski definition) is 5. The summed E-state index contributed by atoms with van der Waals surface area (Å²) in [5.74, 6) is 2.03. The van der Waals surface area contributed by atoms with Crippen molar-refractivity contribution >= 4 is 17.2 Å². The van der Waals surface area contributed by atoms with Gasteiger partial charge >= 0.3 is 0 Å². The summed E-state index contributed by atoms with van der Waals surface area (Å²) in [4.78, 5) is 20.9. The van der Waals surface area contributed by atoms with Crippen molar-refractivity contribution < 1.29 is 14.3 Å². The van der Waals surface area contributed by atoms with E-state index in [9.17, 15) is 4.79 Å². The van der Waals surface area contributed by atoms with Crippen LogP contribution in [0.15, 0.2) is 42.5 Å². The minimum Gasteiger partial charge on any atom is -0.497 e. The summed E-state index contributed by atoms with van der Waals surface area (Å²) < 4.78 is 11.1. The standard InChI is InChI=1S/C25H26N2O3S/c1-16-12-19-13-17(6-8-22(19)30-16)7-9-24(28)27-11-10-21-23(15-27)31-25(26-21)18-4-3-5-20(14-18)29-2/h3-6,8,13-14,16H,7,9-12,15H2,1-2H3/t16-/m1/s1. The van der Waals surface area contributed by atoms with Crippen molar-refractivity contribution in [3.63, 3.8) is 0 Å². The fraction of sp³-hybridized carbons (Fsp3) is 0.360. The molecule has 31 heavy (non-hydrogen) atoms. The monoisotopic (exact) mass is 434 g/mol. The molecule has 1 amide bonds. The number of benzene rings is 2. The number of ether oxygens (including phenoxy) is 2. The highest BCUT2D eigenvalue weighted by Crippen LogP contribution is 2.33. The minimum absolute atomic E-state index is 0.215. The first-order valence-corrected chi connectivity index (χ1v) is 11.6. The Bertz CT molecular complexity index is 1120. The van der Waals surface area contributed by atoms with Crippen LogP contribution < -0.4 is 9.47 Å². The van der Waals surface area contributed by atoms with Crippen LogP contribution in [-0.4, -0.2) is 35.5 Å². The van der Waals surface area contributed by atoms with E-state index in [4.69, 9.17) is 14.5 Å². The first kappa shape index (κ1) is 20.1. The summed E-state index contributed by atoms with van der Waals surface area (Å²) in [6, 6.07) is 14.3. The van der Waals surface area contributed by atoms with E-state index in [0.29, 0.717) is 13.0 Å². The van der Waals surface area contributed by atoms with Gasteiger partial charge in [-0.3, -0.25) is 4.79 Å². The number of amides is 1. The van der Waals surface area contributed by atoms with Gasteiger partial charge in [-0.1, -0.05) is 24.3 Å². The quantitative estimate of drug-likeness (QED) is 0.586. The lowest BCUT2D eigenvalue weighted by molar-refractivity contribution is -0.132. The minimum atomic E-state index is 0.215. The van der Waals surface area contributed by atoms with Crippen molar-refractivity contribution in [3.8, 4) is 22.1 Å². The second-order valence-electron chi connectivity index (χ2n) is 8.26. The van der Waals surface area contributed by atoms with Crippen molar-refractivity contribution in [1.82, 2.24) is 9.88 Å². The molecule has 0 unspecified atom stereocenters. The van der Waals surface area contributed by atoms with Gasteiger partial charge in [-0.15, -0.1) is 11.3 Å². The molecule has 160 valence electrons. The molecule has 5 nitrogen and oxygen atoms in total. The summed E-state index contributed by atoms with van der Waals surface area (Å²) >= 11 is 1.68. The smallest absolute Gasteiger partial charge is 0.223 e. The zero-order chi connectivity index (χ0) is 21.4. The van der Waals surface area contributed by atoms with Crippen molar-refractivity contribution in [2.75, 3.05) is 13.7 Å². The van der Waals surface area contributed by atoms with Crippen LogP contribution in [0.2, 0.25) is 0 Å². The number of rotatable bonds is 5. The van der Waals surface area contributed by atoms with E-state index < -0.39 is 0 Å². The summed E-state index contributed by atoms with van der Waals surface area (Å²) in [6.07, 6.45) is 3.31. The summed E-state index contributed by atoms with van der Waals surface area (Å²) in [5, 5.41) is 0.993. The molecule has 2 aromatic carbocycles. The molecule has 6 heteroatoms. The van der Waals surface area contributed by atoms with Crippen LogP contribution in [0.5, 0.6) is 11.5 Å². The highest BCUT2D eigenvalue weighted by atomic mass is 32.1. The molecule has 0 saturated carbocycles. The number of thiazole rings is 1. The lowest BCUT2D eigenvalue weighted by Gasteiger charge is -2.26. The first-order chi connectivity index (χ1) is 15.1. The molecule has 0 fully saturated rings. The molecular weight excluding hydrogens is 408 g/mol. The largest absolute Gasteiger partial charge is 0.497 e. The highest BCUT2D eigenvalue weighted by Gasteiger charge is 2.25. The normalized spacial score (nSPS) is 17.1. The van der Waals surface area contributed by atoms with Gasteiger partial charge in [0.25, 0.3) is 0 Å². The van der Waals surface area contributed by atoms with E-state index in [0.717, 1.165) is 53.6 Å². The molecule has 0 N–H and O–H groups in total. The molecular formula is C25H26N2O3S. The zero-order valence-electron chi connectivity index (χ0n) is 17.9. The van der Waals surface area contributed by atoms with Crippen LogP contribution in [0.3, 0.4) is 0 Å². The Labute approximate surface area is 186 Å². The van der Waals surface area contributed by atoms with Crippen molar-refractivity contribution in [1.29, 1.82) is 0 Å². The average molecular weight is 435 g/mol. The number of nitrogens with zero attached hydrogens (tertiary/aromatic N) is 2. The number of carbonyl (C=O) groups excluding carboxylic acids is 1. The molecule has 2 aliphatic rings. The van der Waals surface area contributed by atoms with Gasteiger partial charge in [0.2, 0.25) is 5.91 Å². The van der Waals surface area contributed by atoms with Gasteiger partial charge in [0.05, 0.1) is 19.3 Å². The van der Waals surface area contributed by atoms with Crippen LogP contribution >= 0.6 is 11.3 Å². The van der Waals surface area contributed by atoms with Crippen LogP contribution in [0, 0.1) is 0 Å². The van der Waals surface area contributed by atoms with Gasteiger partial charge in [0, 0.05) is 36.2 Å². The number of aromatic nitrogens is 1. The number of fused-ring (bicyclic) bond motifs is 2. The lowest BCUT2D eigenvalue weighted by Crippen LogP contribution is -2.35. The third-order valence-electron chi connectivity index (χ3n) is 5.99. The summed E-state index contributed by atoms with van der Waals surface area (Å²) in [7, 11) is 1.67. The van der Waals surface area contributed by atoms with Crippen molar-refractivity contribution in [3.05, 3.63) is 64.2 Å². The molecule has 0 radical (unpaired) electrons. The predicted octanol–water partition coefficient (Wildman–Crippen LogP) is 4.66. The van der Waals surface area contributed by atoms with Gasteiger partial charge in [-0.05, 0) is 42.7 Å². The van der Waals surface area contributed by atoms with Gasteiger partial charge < -0.3 is 14.4 Å². The van der Waals surface area contributed by atoms with Crippen LogP contribution in [0.4, 0.5) is 0 Å². The Balaban J connectivity index is 1.23. The number of aryl methyl sites for hydroxylation is 1. The van der Waals surface area contributed by atoms with E-state index in [1.165, 1.54) is 16.0 Å². The number of carbonyl (C=O) groups is 1. The van der Waals surface area contributed by atoms with E-state index >= 15 is 0 Å². The van der Waals surface area contributed by atoms with Crippen LogP contribution in [0.1, 0.15) is 35.0 Å². The number of methoxy groups -OCH3 is 1. The van der Waals surface area contributed by atoms with E-state index in [-0.39, 0.29) is 12.0 Å². The Morgan fingerprint density at radius 3 is 3.06 bits per heavy atom. The molecule has 0 saturated heterocycles. The summed E-state index contributed by atoms with van der Waals surface area (Å²) in [6.45, 7) is 3.49. The SMILES string of the molecule is COc1cccc(-c2nc3c(s2)CN(C(=O)CCc2ccc4c(c2)C[C@@H](C)O4)CC3)c1. The average Bonchev–Trinajstić information content (AvgIpc) is 3.39. The Hall–Kier alpha value is -2.86. The third kappa shape index (κ3) is 4.17. The molecule has 5 rings (SSSR count). The first-order valence-electron chi connectivity index (χ1n) is 10.8. The summed E-state index contributed by atoms with van der Waals surface area (Å²) in [5.41, 5.74) is 4.65. The Kier molecular flexibility index (Phi) is 5.40. The van der Waals surface area contributed by atoms with Gasteiger partial charge in [-0.25, -0.2) is 4.98 Å². The molecule has 2 aliphatic heterocycles. The third-order valence-corrected chi connectivity index (χ3v) is 7.12. The Morgan fingerprint density at radius 1 is 1.29 bits per heavy atom. The van der Waals surface area contributed by atoms with E-state index in [1.54, 1.807) is 18.4 Å². The maximum absolute atomic E-state index is 12.9. The number of hydrogen-bond donors (Lipinski definition) is 0. The molecule has 3 heterocycles. The van der Waals surface area contributed by atoms with Crippen LogP contribution in [0.25, 0.3) is 10.6 Å². The molecule has 3 aromatic rings.